The first-order chi connectivity index (χ1) is 13.8. The minimum atomic E-state index is -0.363. The van der Waals surface area contributed by atoms with Gasteiger partial charge in [-0.15, -0.1) is 0 Å². The van der Waals surface area contributed by atoms with Crippen LogP contribution in [0.15, 0.2) is 60.9 Å². The minimum Gasteiger partial charge on any atom is -0.488 e. The van der Waals surface area contributed by atoms with E-state index in [2.05, 4.69) is 6.58 Å². The summed E-state index contributed by atoms with van der Waals surface area (Å²) in [5, 5.41) is 0. The van der Waals surface area contributed by atoms with Gasteiger partial charge < -0.3 is 14.2 Å². The molecule has 0 unspecified atom stereocenters. The van der Waals surface area contributed by atoms with Crippen LogP contribution in [-0.2, 0) is 0 Å². The van der Waals surface area contributed by atoms with Gasteiger partial charge in [0, 0.05) is 11.1 Å². The van der Waals surface area contributed by atoms with Crippen molar-refractivity contribution in [2.24, 2.45) is 0 Å². The fourth-order valence-corrected chi connectivity index (χ4v) is 2.65. The van der Waals surface area contributed by atoms with E-state index >= 15 is 0 Å². The SMILES string of the molecule is C=C(C)Oc1ccc(C(=O)/C=C\c2cc(OC(C)(C)C)ccc2OC(C)(C)C)cc1. The molecule has 0 amide bonds. The average molecular weight is 409 g/mol. The van der Waals surface area contributed by atoms with Crippen molar-refractivity contribution in [2.45, 2.75) is 59.7 Å². The van der Waals surface area contributed by atoms with Crippen LogP contribution in [-0.4, -0.2) is 17.0 Å². The molecule has 0 aliphatic rings. The highest BCUT2D eigenvalue weighted by atomic mass is 16.5. The van der Waals surface area contributed by atoms with Crippen molar-refractivity contribution < 1.29 is 19.0 Å². The first-order valence-electron chi connectivity index (χ1n) is 10.0. The van der Waals surface area contributed by atoms with Gasteiger partial charge in [0.2, 0.25) is 0 Å². The predicted octanol–water partition coefficient (Wildman–Crippen LogP) is 6.85. The summed E-state index contributed by atoms with van der Waals surface area (Å²) in [7, 11) is 0. The summed E-state index contributed by atoms with van der Waals surface area (Å²) < 4.78 is 17.5. The molecule has 4 nitrogen and oxygen atoms in total. The molecule has 2 aromatic carbocycles. The number of hydrogen-bond donors (Lipinski definition) is 0. The number of rotatable bonds is 7. The molecule has 0 N–H and O–H groups in total. The lowest BCUT2D eigenvalue weighted by molar-refractivity contribution is 0.104. The van der Waals surface area contributed by atoms with Crippen molar-refractivity contribution >= 4 is 11.9 Å². The van der Waals surface area contributed by atoms with Crippen molar-refractivity contribution in [1.82, 2.24) is 0 Å². The van der Waals surface area contributed by atoms with Crippen LogP contribution in [0.3, 0.4) is 0 Å². The summed E-state index contributed by atoms with van der Waals surface area (Å²) in [5.41, 5.74) is 0.664. The van der Waals surface area contributed by atoms with Crippen molar-refractivity contribution in [3.05, 3.63) is 72.0 Å². The Kier molecular flexibility index (Phi) is 7.14. The predicted molar refractivity (Wildman–Crippen MR) is 122 cm³/mol. The Labute approximate surface area is 180 Å². The zero-order chi connectivity index (χ0) is 22.5. The number of allylic oxidation sites excluding steroid dienone is 2. The number of carbonyl (C=O) groups is 1. The molecule has 0 spiro atoms. The van der Waals surface area contributed by atoms with E-state index in [0.29, 0.717) is 22.8 Å². The van der Waals surface area contributed by atoms with Crippen LogP contribution in [0.2, 0.25) is 0 Å². The molecule has 30 heavy (non-hydrogen) atoms. The normalized spacial score (nSPS) is 12.0. The Hall–Kier alpha value is -3.01. The Bertz CT molecular complexity index is 923. The third-order valence-corrected chi connectivity index (χ3v) is 3.67. The van der Waals surface area contributed by atoms with Crippen LogP contribution in [0.5, 0.6) is 17.2 Å². The third-order valence-electron chi connectivity index (χ3n) is 3.67. The van der Waals surface area contributed by atoms with Gasteiger partial charge in [0.05, 0.1) is 5.76 Å². The molecule has 0 aromatic heterocycles. The average Bonchev–Trinajstić information content (AvgIpc) is 2.59. The number of hydrogen-bond acceptors (Lipinski definition) is 4. The molecule has 0 aliphatic heterocycles. The standard InChI is InChI=1S/C26H32O4/c1-18(2)28-21-12-9-19(10-13-21)23(27)15-11-20-17-22(29-25(3,4)5)14-16-24(20)30-26(6,7)8/h9-17H,1H2,2-8H3/b15-11-. The van der Waals surface area contributed by atoms with E-state index in [0.717, 1.165) is 11.3 Å². The van der Waals surface area contributed by atoms with E-state index in [-0.39, 0.29) is 17.0 Å². The molecule has 4 heteroatoms. The molecular formula is C26H32O4. The Morgan fingerprint density at radius 1 is 0.867 bits per heavy atom. The van der Waals surface area contributed by atoms with E-state index < -0.39 is 0 Å². The molecule has 0 heterocycles. The van der Waals surface area contributed by atoms with Crippen LogP contribution >= 0.6 is 0 Å². The number of ketones is 1. The summed E-state index contributed by atoms with van der Waals surface area (Å²) in [6.07, 6.45) is 3.30. The summed E-state index contributed by atoms with van der Waals surface area (Å²) >= 11 is 0. The summed E-state index contributed by atoms with van der Waals surface area (Å²) in [6, 6.07) is 12.6. The van der Waals surface area contributed by atoms with E-state index in [4.69, 9.17) is 14.2 Å². The number of benzene rings is 2. The Balaban J connectivity index is 2.28. The number of ether oxygens (including phenoxy) is 3. The van der Waals surface area contributed by atoms with Crippen LogP contribution in [0.4, 0.5) is 0 Å². The highest BCUT2D eigenvalue weighted by molar-refractivity contribution is 6.07. The smallest absolute Gasteiger partial charge is 0.185 e. The first-order valence-corrected chi connectivity index (χ1v) is 10.0. The molecule has 160 valence electrons. The summed E-state index contributed by atoms with van der Waals surface area (Å²) in [4.78, 5) is 12.6. The van der Waals surface area contributed by atoms with Gasteiger partial charge in [0.25, 0.3) is 0 Å². The van der Waals surface area contributed by atoms with Crippen molar-refractivity contribution in [3.8, 4) is 17.2 Å². The largest absolute Gasteiger partial charge is 0.488 e. The summed E-state index contributed by atoms with van der Waals surface area (Å²) in [6.45, 7) is 17.4. The van der Waals surface area contributed by atoms with Crippen molar-refractivity contribution in [1.29, 1.82) is 0 Å². The lowest BCUT2D eigenvalue weighted by Gasteiger charge is -2.25. The molecule has 0 bridgehead atoms. The molecule has 0 fully saturated rings. The van der Waals surface area contributed by atoms with Gasteiger partial charge in [-0.25, -0.2) is 0 Å². The second kappa shape index (κ2) is 9.21. The van der Waals surface area contributed by atoms with Gasteiger partial charge in [-0.3, -0.25) is 4.79 Å². The molecule has 0 atom stereocenters. The van der Waals surface area contributed by atoms with Gasteiger partial charge in [-0.2, -0.15) is 0 Å². The quantitative estimate of drug-likeness (QED) is 0.285. The molecule has 2 aromatic rings. The van der Waals surface area contributed by atoms with E-state index in [9.17, 15) is 4.79 Å². The van der Waals surface area contributed by atoms with E-state index in [1.54, 1.807) is 43.3 Å². The monoisotopic (exact) mass is 408 g/mol. The Morgan fingerprint density at radius 2 is 1.43 bits per heavy atom. The van der Waals surface area contributed by atoms with Crippen LogP contribution in [0.25, 0.3) is 6.08 Å². The fraction of sp³-hybridized carbons (Fsp3) is 0.346. The van der Waals surface area contributed by atoms with Crippen molar-refractivity contribution in [2.75, 3.05) is 0 Å². The molecule has 0 saturated carbocycles. The zero-order valence-electron chi connectivity index (χ0n) is 19.0. The highest BCUT2D eigenvalue weighted by Gasteiger charge is 2.17. The van der Waals surface area contributed by atoms with Gasteiger partial charge in [0.1, 0.15) is 28.5 Å². The molecule has 0 radical (unpaired) electrons. The van der Waals surface area contributed by atoms with Gasteiger partial charge in [-0.05, 0) is 103 Å². The molecule has 0 aliphatic carbocycles. The van der Waals surface area contributed by atoms with E-state index in [1.165, 1.54) is 0 Å². The minimum absolute atomic E-state index is 0.110. The summed E-state index contributed by atoms with van der Waals surface area (Å²) in [5.74, 6) is 2.55. The van der Waals surface area contributed by atoms with Crippen molar-refractivity contribution in [3.63, 3.8) is 0 Å². The topological polar surface area (TPSA) is 44.8 Å². The third kappa shape index (κ3) is 7.78. The van der Waals surface area contributed by atoms with E-state index in [1.807, 2.05) is 59.7 Å². The number of carbonyl (C=O) groups excluding carboxylic acids is 1. The second-order valence-electron chi connectivity index (χ2n) is 9.15. The molecule has 0 saturated heterocycles. The maximum absolute atomic E-state index is 12.6. The Morgan fingerprint density at radius 3 is 1.97 bits per heavy atom. The molecular weight excluding hydrogens is 376 g/mol. The maximum Gasteiger partial charge on any atom is 0.185 e. The fourth-order valence-electron chi connectivity index (χ4n) is 2.65. The van der Waals surface area contributed by atoms with Gasteiger partial charge in [-0.1, -0.05) is 6.58 Å². The van der Waals surface area contributed by atoms with Crippen LogP contribution < -0.4 is 14.2 Å². The van der Waals surface area contributed by atoms with Gasteiger partial charge >= 0.3 is 0 Å². The van der Waals surface area contributed by atoms with Gasteiger partial charge in [0.15, 0.2) is 5.78 Å². The van der Waals surface area contributed by atoms with Crippen LogP contribution in [0.1, 0.15) is 64.4 Å². The molecule has 2 rings (SSSR count). The van der Waals surface area contributed by atoms with Crippen LogP contribution in [0, 0.1) is 0 Å². The first kappa shape index (κ1) is 23.3. The lowest BCUT2D eigenvalue weighted by atomic mass is 10.1. The zero-order valence-corrected chi connectivity index (χ0v) is 19.0. The second-order valence-corrected chi connectivity index (χ2v) is 9.15. The maximum atomic E-state index is 12.6. The lowest BCUT2D eigenvalue weighted by Crippen LogP contribution is -2.24. The highest BCUT2D eigenvalue weighted by Crippen LogP contribution is 2.30.